The lowest BCUT2D eigenvalue weighted by Gasteiger charge is -2.38. The van der Waals surface area contributed by atoms with Gasteiger partial charge in [0.25, 0.3) is 0 Å². The number of para-hydroxylation sites is 1. The molecule has 0 aliphatic carbocycles. The molecule has 2 heterocycles. The molecule has 0 spiro atoms. The van der Waals surface area contributed by atoms with Gasteiger partial charge in [-0.05, 0) is 42.7 Å². The van der Waals surface area contributed by atoms with Gasteiger partial charge in [0.2, 0.25) is 0 Å². The van der Waals surface area contributed by atoms with Gasteiger partial charge in [-0.15, -0.1) is 0 Å². The van der Waals surface area contributed by atoms with Crippen molar-refractivity contribution in [3.8, 4) is 5.75 Å². The van der Waals surface area contributed by atoms with Crippen LogP contribution in [-0.2, 0) is 6.54 Å². The molecular weight excluding hydrogens is 395 g/mol. The number of hydrogen-bond donors (Lipinski definition) is 1. The third-order valence-electron chi connectivity index (χ3n) is 6.23. The van der Waals surface area contributed by atoms with Crippen molar-refractivity contribution in [2.75, 3.05) is 51.3 Å². The number of amides is 2. The molecule has 0 radical (unpaired) electrons. The highest BCUT2D eigenvalue weighted by Gasteiger charge is 2.25. The van der Waals surface area contributed by atoms with Crippen LogP contribution in [0.1, 0.15) is 18.4 Å². The molecule has 4 rings (SSSR count). The molecule has 7 heteroatoms. The fourth-order valence-corrected chi connectivity index (χ4v) is 4.37. The summed E-state index contributed by atoms with van der Waals surface area (Å²) in [4.78, 5) is 19.3. The highest BCUT2D eigenvalue weighted by atomic mass is 19.1. The smallest absolute Gasteiger partial charge is 0.317 e. The number of nitrogens with zero attached hydrogens (tertiary/aromatic N) is 3. The summed E-state index contributed by atoms with van der Waals surface area (Å²) in [6.07, 6.45) is 1.82. The highest BCUT2D eigenvalue weighted by Crippen LogP contribution is 2.21. The molecule has 1 N–H and O–H groups in total. The Morgan fingerprint density at radius 2 is 1.74 bits per heavy atom. The Kier molecular flexibility index (Phi) is 6.92. The van der Waals surface area contributed by atoms with Crippen LogP contribution < -0.4 is 15.0 Å². The van der Waals surface area contributed by atoms with Crippen molar-refractivity contribution in [3.63, 3.8) is 0 Å². The number of likely N-dealkylation sites (tertiary alicyclic amines) is 1. The van der Waals surface area contributed by atoms with Crippen LogP contribution in [0.2, 0.25) is 0 Å². The number of piperazine rings is 1. The topological polar surface area (TPSA) is 48.1 Å². The Morgan fingerprint density at radius 3 is 2.39 bits per heavy atom. The van der Waals surface area contributed by atoms with Crippen molar-refractivity contribution in [3.05, 3.63) is 59.9 Å². The van der Waals surface area contributed by atoms with Gasteiger partial charge < -0.3 is 19.9 Å². The second-order valence-electron chi connectivity index (χ2n) is 8.28. The first-order valence-electron chi connectivity index (χ1n) is 11.0. The maximum absolute atomic E-state index is 13.9. The molecule has 0 unspecified atom stereocenters. The van der Waals surface area contributed by atoms with E-state index >= 15 is 0 Å². The van der Waals surface area contributed by atoms with Gasteiger partial charge in [-0.1, -0.05) is 24.3 Å². The molecule has 2 aliphatic rings. The van der Waals surface area contributed by atoms with Crippen molar-refractivity contribution in [2.24, 2.45) is 0 Å². The number of piperidine rings is 1. The Balaban J connectivity index is 1.19. The number of nitrogens with one attached hydrogen (secondary N) is 1. The van der Waals surface area contributed by atoms with E-state index in [1.807, 2.05) is 29.2 Å². The first-order chi connectivity index (χ1) is 15.1. The third-order valence-corrected chi connectivity index (χ3v) is 6.23. The van der Waals surface area contributed by atoms with Gasteiger partial charge in [0.15, 0.2) is 11.6 Å². The maximum Gasteiger partial charge on any atom is 0.317 e. The van der Waals surface area contributed by atoms with Crippen LogP contribution >= 0.6 is 0 Å². The second kappa shape index (κ2) is 10.0. The fourth-order valence-electron chi connectivity index (χ4n) is 4.37. The summed E-state index contributed by atoms with van der Waals surface area (Å²) in [6.45, 7) is 5.68. The van der Waals surface area contributed by atoms with Crippen molar-refractivity contribution >= 4 is 11.7 Å². The van der Waals surface area contributed by atoms with Gasteiger partial charge in [-0.2, -0.15) is 0 Å². The zero-order chi connectivity index (χ0) is 21.6. The minimum Gasteiger partial charge on any atom is -0.494 e. The van der Waals surface area contributed by atoms with Gasteiger partial charge in [0.1, 0.15) is 0 Å². The van der Waals surface area contributed by atoms with E-state index in [4.69, 9.17) is 4.74 Å². The highest BCUT2D eigenvalue weighted by molar-refractivity contribution is 5.75. The fraction of sp³-hybridized carbons (Fsp3) is 0.458. The monoisotopic (exact) mass is 426 g/mol. The Bertz CT molecular complexity index is 863. The molecule has 0 atom stereocenters. The van der Waals surface area contributed by atoms with Gasteiger partial charge >= 0.3 is 6.03 Å². The van der Waals surface area contributed by atoms with Gasteiger partial charge in [-0.25, -0.2) is 9.18 Å². The third kappa shape index (κ3) is 5.47. The van der Waals surface area contributed by atoms with Crippen LogP contribution in [-0.4, -0.2) is 68.3 Å². The standard InChI is InChI=1S/C24H31FN4O2/c1-31-23-8-7-19(17-22(23)25)18-27-11-9-20(10-12-27)26-24(30)29-15-13-28(14-16-29)21-5-3-2-4-6-21/h2-8,17,20H,9-16,18H2,1H3,(H,26,30). The molecule has 2 fully saturated rings. The number of benzene rings is 2. The van der Waals surface area contributed by atoms with Gasteiger partial charge in [-0.3, -0.25) is 4.90 Å². The number of hydrogen-bond acceptors (Lipinski definition) is 4. The largest absolute Gasteiger partial charge is 0.494 e. The minimum absolute atomic E-state index is 0.0448. The minimum atomic E-state index is -0.325. The van der Waals surface area contributed by atoms with Gasteiger partial charge in [0, 0.05) is 57.5 Å². The molecule has 166 valence electrons. The Hall–Kier alpha value is -2.80. The quantitative estimate of drug-likeness (QED) is 0.797. The van der Waals surface area contributed by atoms with Crippen molar-refractivity contribution in [1.82, 2.24) is 15.1 Å². The van der Waals surface area contributed by atoms with E-state index in [-0.39, 0.29) is 23.6 Å². The second-order valence-corrected chi connectivity index (χ2v) is 8.28. The zero-order valence-electron chi connectivity index (χ0n) is 18.1. The molecule has 0 bridgehead atoms. The summed E-state index contributed by atoms with van der Waals surface area (Å²) < 4.78 is 18.9. The Morgan fingerprint density at radius 1 is 1.03 bits per heavy atom. The number of carbonyl (C=O) groups is 1. The van der Waals surface area contributed by atoms with Crippen LogP contribution in [0.5, 0.6) is 5.75 Å². The van der Waals surface area contributed by atoms with Crippen molar-refractivity contribution in [2.45, 2.75) is 25.4 Å². The summed E-state index contributed by atoms with van der Waals surface area (Å²) in [7, 11) is 1.47. The predicted molar refractivity (Wildman–Crippen MR) is 120 cm³/mol. The molecule has 0 saturated carbocycles. The molecule has 2 saturated heterocycles. The number of anilines is 1. The van der Waals surface area contributed by atoms with Crippen LogP contribution in [0, 0.1) is 5.82 Å². The van der Waals surface area contributed by atoms with Gasteiger partial charge in [0.05, 0.1) is 7.11 Å². The number of ether oxygens (including phenoxy) is 1. The summed E-state index contributed by atoms with van der Waals surface area (Å²) in [5, 5.41) is 3.22. The average molecular weight is 427 g/mol. The molecule has 6 nitrogen and oxygen atoms in total. The lowest BCUT2D eigenvalue weighted by molar-refractivity contribution is 0.167. The number of urea groups is 1. The zero-order valence-corrected chi connectivity index (χ0v) is 18.1. The number of halogens is 1. The number of methoxy groups -OCH3 is 1. The van der Waals surface area contributed by atoms with E-state index in [1.165, 1.54) is 12.8 Å². The van der Waals surface area contributed by atoms with Crippen molar-refractivity contribution in [1.29, 1.82) is 0 Å². The summed E-state index contributed by atoms with van der Waals surface area (Å²) in [6, 6.07) is 15.7. The SMILES string of the molecule is COc1ccc(CN2CCC(NC(=O)N3CCN(c4ccccc4)CC3)CC2)cc1F. The lowest BCUT2D eigenvalue weighted by Crippen LogP contribution is -2.54. The number of carbonyl (C=O) groups excluding carboxylic acids is 1. The van der Waals surface area contributed by atoms with E-state index < -0.39 is 0 Å². The molecular formula is C24H31FN4O2. The first kappa shape index (κ1) is 21.4. The van der Waals surface area contributed by atoms with E-state index in [0.717, 1.165) is 57.7 Å². The van der Waals surface area contributed by atoms with E-state index in [1.54, 1.807) is 12.1 Å². The van der Waals surface area contributed by atoms with Crippen molar-refractivity contribution < 1.29 is 13.9 Å². The van der Waals surface area contributed by atoms with Crippen LogP contribution in [0.15, 0.2) is 48.5 Å². The average Bonchev–Trinajstić information content (AvgIpc) is 2.81. The summed E-state index contributed by atoms with van der Waals surface area (Å²) in [5.74, 6) is -0.0516. The Labute approximate surface area is 183 Å². The summed E-state index contributed by atoms with van der Waals surface area (Å²) in [5.41, 5.74) is 2.16. The number of rotatable bonds is 5. The molecule has 2 aliphatic heterocycles. The molecule has 2 amide bonds. The predicted octanol–water partition coefficient (Wildman–Crippen LogP) is 3.33. The first-order valence-corrected chi connectivity index (χ1v) is 11.0. The van der Waals surface area contributed by atoms with E-state index in [0.29, 0.717) is 6.54 Å². The van der Waals surface area contributed by atoms with Crippen LogP contribution in [0.25, 0.3) is 0 Å². The summed E-state index contributed by atoms with van der Waals surface area (Å²) >= 11 is 0. The lowest BCUT2D eigenvalue weighted by atomic mass is 10.0. The van der Waals surface area contributed by atoms with E-state index in [2.05, 4.69) is 27.2 Å². The molecule has 2 aromatic carbocycles. The molecule has 2 aromatic rings. The molecule has 0 aromatic heterocycles. The van der Waals surface area contributed by atoms with E-state index in [9.17, 15) is 9.18 Å². The molecule has 31 heavy (non-hydrogen) atoms. The van der Waals surface area contributed by atoms with Crippen LogP contribution in [0.4, 0.5) is 14.9 Å². The van der Waals surface area contributed by atoms with Crippen LogP contribution in [0.3, 0.4) is 0 Å². The normalized spacial score (nSPS) is 18.1. The maximum atomic E-state index is 13.9.